The van der Waals surface area contributed by atoms with Gasteiger partial charge in [-0.25, -0.2) is 4.98 Å². The van der Waals surface area contributed by atoms with Crippen LogP contribution in [0.2, 0.25) is 0 Å². The highest BCUT2D eigenvalue weighted by Crippen LogP contribution is 2.22. The molecule has 0 bridgehead atoms. The van der Waals surface area contributed by atoms with E-state index < -0.39 is 12.1 Å². The molecule has 0 radical (unpaired) electrons. The van der Waals surface area contributed by atoms with Gasteiger partial charge in [-0.3, -0.25) is 0 Å². The summed E-state index contributed by atoms with van der Waals surface area (Å²) in [6.07, 6.45) is -0.690. The Bertz CT molecular complexity index is 760. The second-order valence-electron chi connectivity index (χ2n) is 5.23. The third kappa shape index (κ3) is 3.93. The van der Waals surface area contributed by atoms with E-state index in [9.17, 15) is 9.50 Å². The van der Waals surface area contributed by atoms with Crippen LogP contribution < -0.4 is 5.32 Å². The molecule has 23 heavy (non-hydrogen) atoms. The summed E-state index contributed by atoms with van der Waals surface area (Å²) in [7, 11) is 0. The first-order valence-corrected chi connectivity index (χ1v) is 7.42. The molecule has 2 aromatic carbocycles. The van der Waals surface area contributed by atoms with Crippen LogP contribution in [0.5, 0.6) is 0 Å². The first kappa shape index (κ1) is 15.2. The highest BCUT2D eigenvalue weighted by Gasteiger charge is 2.08. The minimum atomic E-state index is -0.690. The van der Waals surface area contributed by atoms with Gasteiger partial charge in [0.2, 0.25) is 5.95 Å². The number of pyridine rings is 1. The molecule has 0 amide bonds. The molecule has 3 rings (SSSR count). The summed E-state index contributed by atoms with van der Waals surface area (Å²) in [4.78, 5) is 3.70. The number of rotatable bonds is 5. The zero-order valence-corrected chi connectivity index (χ0v) is 12.5. The van der Waals surface area contributed by atoms with Crippen LogP contribution in [0.4, 0.5) is 10.2 Å². The quantitative estimate of drug-likeness (QED) is 0.699. The average molecular weight is 308 g/mol. The van der Waals surface area contributed by atoms with E-state index in [-0.39, 0.29) is 6.54 Å². The van der Waals surface area contributed by atoms with E-state index >= 15 is 0 Å². The Kier molecular flexibility index (Phi) is 4.64. The summed E-state index contributed by atoms with van der Waals surface area (Å²) in [5.41, 5.74) is 3.03. The lowest BCUT2D eigenvalue weighted by Gasteiger charge is -2.13. The van der Waals surface area contributed by atoms with E-state index in [1.165, 1.54) is 6.07 Å². The lowest BCUT2D eigenvalue weighted by atomic mass is 10.0. The molecule has 1 atom stereocenters. The van der Waals surface area contributed by atoms with E-state index in [4.69, 9.17) is 0 Å². The number of hydrogen-bond donors (Lipinski definition) is 2. The number of aliphatic hydroxyl groups is 1. The van der Waals surface area contributed by atoms with Gasteiger partial charge in [0, 0.05) is 6.54 Å². The number of halogens is 1. The van der Waals surface area contributed by atoms with Crippen molar-refractivity contribution in [3.63, 3.8) is 0 Å². The van der Waals surface area contributed by atoms with Gasteiger partial charge in [0.25, 0.3) is 0 Å². The van der Waals surface area contributed by atoms with E-state index in [0.717, 1.165) is 16.7 Å². The second-order valence-corrected chi connectivity index (χ2v) is 5.23. The lowest BCUT2D eigenvalue weighted by Crippen LogP contribution is -2.13. The molecule has 0 saturated carbocycles. The van der Waals surface area contributed by atoms with Gasteiger partial charge >= 0.3 is 0 Å². The second kappa shape index (κ2) is 7.03. The Morgan fingerprint density at radius 3 is 2.26 bits per heavy atom. The van der Waals surface area contributed by atoms with Crippen LogP contribution in [0.3, 0.4) is 0 Å². The highest BCUT2D eigenvalue weighted by molar-refractivity contribution is 5.63. The summed E-state index contributed by atoms with van der Waals surface area (Å²) >= 11 is 0. The van der Waals surface area contributed by atoms with Crippen molar-refractivity contribution in [2.24, 2.45) is 0 Å². The molecule has 2 N–H and O–H groups in total. The molecule has 1 aromatic heterocycles. The molecule has 0 aliphatic carbocycles. The monoisotopic (exact) mass is 308 g/mol. The maximum atomic E-state index is 13.0. The Labute approximate surface area is 134 Å². The van der Waals surface area contributed by atoms with Crippen LogP contribution in [0, 0.1) is 5.95 Å². The van der Waals surface area contributed by atoms with Crippen molar-refractivity contribution in [3.05, 3.63) is 84.3 Å². The Morgan fingerprint density at radius 2 is 1.57 bits per heavy atom. The maximum absolute atomic E-state index is 13.0. The largest absolute Gasteiger partial charge is 0.387 e. The Morgan fingerprint density at radius 1 is 0.870 bits per heavy atom. The van der Waals surface area contributed by atoms with Gasteiger partial charge in [-0.2, -0.15) is 4.39 Å². The fourth-order valence-corrected chi connectivity index (χ4v) is 2.35. The Hall–Kier alpha value is -2.72. The van der Waals surface area contributed by atoms with Gasteiger partial charge in [0.15, 0.2) is 0 Å². The number of hydrogen-bond acceptors (Lipinski definition) is 3. The zero-order valence-electron chi connectivity index (χ0n) is 12.5. The predicted molar refractivity (Wildman–Crippen MR) is 89.5 cm³/mol. The first-order chi connectivity index (χ1) is 11.2. The van der Waals surface area contributed by atoms with Gasteiger partial charge in [0.05, 0.1) is 6.10 Å². The normalized spacial score (nSPS) is 11.9. The molecule has 1 heterocycles. The van der Waals surface area contributed by atoms with E-state index in [1.54, 1.807) is 12.1 Å². The van der Waals surface area contributed by atoms with E-state index in [0.29, 0.717) is 5.82 Å². The maximum Gasteiger partial charge on any atom is 0.214 e. The van der Waals surface area contributed by atoms with Crippen molar-refractivity contribution in [1.82, 2.24) is 4.98 Å². The van der Waals surface area contributed by atoms with Crippen LogP contribution in [0.1, 0.15) is 11.7 Å². The molecule has 3 aromatic rings. The van der Waals surface area contributed by atoms with Crippen LogP contribution in [-0.4, -0.2) is 16.6 Å². The van der Waals surface area contributed by atoms with E-state index in [2.05, 4.69) is 10.3 Å². The van der Waals surface area contributed by atoms with Crippen LogP contribution in [0.25, 0.3) is 11.1 Å². The molecule has 0 saturated heterocycles. The number of anilines is 1. The highest BCUT2D eigenvalue weighted by atomic mass is 19.1. The number of benzene rings is 2. The van der Waals surface area contributed by atoms with Crippen molar-refractivity contribution in [1.29, 1.82) is 0 Å². The van der Waals surface area contributed by atoms with Crippen LogP contribution in [0.15, 0.2) is 72.8 Å². The van der Waals surface area contributed by atoms with E-state index in [1.807, 2.05) is 54.6 Å². The molecule has 4 heteroatoms. The van der Waals surface area contributed by atoms with Gasteiger partial charge in [-0.1, -0.05) is 60.7 Å². The lowest BCUT2D eigenvalue weighted by molar-refractivity contribution is 0.191. The van der Waals surface area contributed by atoms with Crippen molar-refractivity contribution < 1.29 is 9.50 Å². The summed E-state index contributed by atoms with van der Waals surface area (Å²) < 4.78 is 13.0. The number of nitrogens with one attached hydrogen (secondary N) is 1. The van der Waals surface area contributed by atoms with Gasteiger partial charge < -0.3 is 10.4 Å². The van der Waals surface area contributed by atoms with Crippen molar-refractivity contribution in [2.45, 2.75) is 6.10 Å². The fraction of sp³-hybridized carbons (Fsp3) is 0.105. The molecule has 116 valence electrons. The van der Waals surface area contributed by atoms with Gasteiger partial charge in [-0.15, -0.1) is 0 Å². The predicted octanol–water partition coefficient (Wildman–Crippen LogP) is 4.03. The SMILES string of the molecule is OC(CNc1cccc(F)n1)c1ccc(-c2ccccc2)cc1. The van der Waals surface area contributed by atoms with Crippen LogP contribution in [-0.2, 0) is 0 Å². The van der Waals surface area contributed by atoms with Gasteiger partial charge in [-0.05, 0) is 28.8 Å². The molecule has 0 fully saturated rings. The average Bonchev–Trinajstić information content (AvgIpc) is 2.61. The van der Waals surface area contributed by atoms with Gasteiger partial charge in [0.1, 0.15) is 5.82 Å². The molecule has 3 nitrogen and oxygen atoms in total. The summed E-state index contributed by atoms with van der Waals surface area (Å²) in [6, 6.07) is 22.3. The van der Waals surface area contributed by atoms with Crippen molar-refractivity contribution in [2.75, 3.05) is 11.9 Å². The fourth-order valence-electron chi connectivity index (χ4n) is 2.35. The molecule has 1 unspecified atom stereocenters. The number of nitrogens with zero attached hydrogens (tertiary/aromatic N) is 1. The molecule has 0 aliphatic rings. The first-order valence-electron chi connectivity index (χ1n) is 7.42. The molecule has 0 aliphatic heterocycles. The third-order valence-electron chi connectivity index (χ3n) is 3.59. The minimum Gasteiger partial charge on any atom is -0.387 e. The molecular weight excluding hydrogens is 291 g/mol. The molecule has 0 spiro atoms. The summed E-state index contributed by atoms with van der Waals surface area (Å²) in [6.45, 7) is 0.265. The third-order valence-corrected chi connectivity index (χ3v) is 3.59. The molecular formula is C19H17FN2O. The number of aromatic nitrogens is 1. The topological polar surface area (TPSA) is 45.1 Å². The van der Waals surface area contributed by atoms with Crippen molar-refractivity contribution in [3.8, 4) is 11.1 Å². The zero-order chi connectivity index (χ0) is 16.1. The minimum absolute atomic E-state index is 0.265. The van der Waals surface area contributed by atoms with Crippen LogP contribution >= 0.6 is 0 Å². The summed E-state index contributed by atoms with van der Waals surface area (Å²) in [5, 5.41) is 13.2. The summed E-state index contributed by atoms with van der Waals surface area (Å²) in [5.74, 6) is -0.137. The van der Waals surface area contributed by atoms with Crippen molar-refractivity contribution >= 4 is 5.82 Å². The Balaban J connectivity index is 1.65. The standard InChI is InChI=1S/C19H17FN2O/c20-18-7-4-8-19(22-18)21-13-17(23)16-11-9-15(10-12-16)14-5-2-1-3-6-14/h1-12,17,23H,13H2,(H,21,22). The number of aliphatic hydroxyl groups excluding tert-OH is 1. The smallest absolute Gasteiger partial charge is 0.214 e.